The summed E-state index contributed by atoms with van der Waals surface area (Å²) in [7, 11) is 0. The second-order valence-electron chi connectivity index (χ2n) is 5.86. The molecule has 3 rings (SSSR count). The van der Waals surface area contributed by atoms with Crippen molar-refractivity contribution >= 4 is 17.5 Å². The number of aliphatic hydroxyl groups is 1. The lowest BCUT2D eigenvalue weighted by atomic mass is 9.86. The van der Waals surface area contributed by atoms with E-state index in [1.165, 1.54) is 12.1 Å². The van der Waals surface area contributed by atoms with Crippen molar-refractivity contribution in [2.75, 3.05) is 31.1 Å². The van der Waals surface area contributed by atoms with E-state index in [0.717, 1.165) is 6.42 Å². The van der Waals surface area contributed by atoms with Gasteiger partial charge in [0, 0.05) is 37.2 Å². The fraction of sp³-hybridized carbons (Fsp3) is 0.467. The second-order valence-corrected chi connectivity index (χ2v) is 5.86. The number of hydrogen-bond donors (Lipinski definition) is 1. The summed E-state index contributed by atoms with van der Waals surface area (Å²) in [5, 5.41) is 8.93. The molecule has 2 amide bonds. The highest BCUT2D eigenvalue weighted by atomic mass is 19.1. The number of aliphatic hydroxyl groups excluding tert-OH is 1. The van der Waals surface area contributed by atoms with E-state index >= 15 is 0 Å². The molecular formula is C15H17FN2O3. The van der Waals surface area contributed by atoms with Gasteiger partial charge in [0.2, 0.25) is 11.8 Å². The van der Waals surface area contributed by atoms with Gasteiger partial charge in [0.15, 0.2) is 0 Å². The molecule has 112 valence electrons. The summed E-state index contributed by atoms with van der Waals surface area (Å²) in [6.45, 7) is 1.02. The van der Waals surface area contributed by atoms with Gasteiger partial charge in [-0.15, -0.1) is 0 Å². The zero-order valence-electron chi connectivity index (χ0n) is 11.6. The first-order chi connectivity index (χ1) is 10.0. The van der Waals surface area contributed by atoms with Crippen LogP contribution in [0.3, 0.4) is 0 Å². The van der Waals surface area contributed by atoms with E-state index in [0.29, 0.717) is 31.7 Å². The maximum atomic E-state index is 13.3. The zero-order valence-corrected chi connectivity index (χ0v) is 11.6. The molecule has 21 heavy (non-hydrogen) atoms. The molecule has 0 aliphatic carbocycles. The van der Waals surface area contributed by atoms with Crippen molar-refractivity contribution in [2.24, 2.45) is 5.41 Å². The fourth-order valence-corrected chi connectivity index (χ4v) is 3.30. The Labute approximate surface area is 122 Å². The SMILES string of the molecule is O=C(CO)N1CC[C@]2(CC(=O)N(c3cccc(F)c3)C2)C1. The molecule has 2 fully saturated rings. The van der Waals surface area contributed by atoms with Crippen LogP contribution in [0.2, 0.25) is 0 Å². The fourth-order valence-electron chi connectivity index (χ4n) is 3.30. The lowest BCUT2D eigenvalue weighted by molar-refractivity contribution is -0.133. The van der Waals surface area contributed by atoms with E-state index in [-0.39, 0.29) is 23.0 Å². The van der Waals surface area contributed by atoms with Gasteiger partial charge in [0.25, 0.3) is 0 Å². The molecule has 2 saturated heterocycles. The van der Waals surface area contributed by atoms with Crippen molar-refractivity contribution < 1.29 is 19.1 Å². The highest BCUT2D eigenvalue weighted by molar-refractivity contribution is 5.96. The van der Waals surface area contributed by atoms with E-state index in [1.54, 1.807) is 21.9 Å². The molecule has 0 saturated carbocycles. The summed E-state index contributed by atoms with van der Waals surface area (Å²) in [5.74, 6) is -0.716. The summed E-state index contributed by atoms with van der Waals surface area (Å²) in [6.07, 6.45) is 1.09. The number of rotatable bonds is 2. The van der Waals surface area contributed by atoms with Crippen LogP contribution in [0.4, 0.5) is 10.1 Å². The van der Waals surface area contributed by atoms with Crippen LogP contribution in [-0.4, -0.2) is 48.1 Å². The van der Waals surface area contributed by atoms with Crippen LogP contribution in [0.1, 0.15) is 12.8 Å². The Morgan fingerprint density at radius 2 is 2.19 bits per heavy atom. The molecule has 0 aromatic heterocycles. The van der Waals surface area contributed by atoms with Gasteiger partial charge >= 0.3 is 0 Å². The number of benzene rings is 1. The van der Waals surface area contributed by atoms with Crippen molar-refractivity contribution in [3.8, 4) is 0 Å². The molecular weight excluding hydrogens is 275 g/mol. The van der Waals surface area contributed by atoms with Crippen LogP contribution in [0.5, 0.6) is 0 Å². The summed E-state index contributed by atoms with van der Waals surface area (Å²) in [4.78, 5) is 27.0. The molecule has 2 heterocycles. The number of carbonyl (C=O) groups excluding carboxylic acids is 2. The van der Waals surface area contributed by atoms with E-state index in [1.807, 2.05) is 0 Å². The van der Waals surface area contributed by atoms with Gasteiger partial charge in [0.1, 0.15) is 12.4 Å². The third-order valence-electron chi connectivity index (χ3n) is 4.37. The monoisotopic (exact) mass is 292 g/mol. The predicted molar refractivity (Wildman–Crippen MR) is 74.1 cm³/mol. The number of amides is 2. The first-order valence-corrected chi connectivity index (χ1v) is 6.98. The number of hydrogen-bond acceptors (Lipinski definition) is 3. The number of anilines is 1. The molecule has 1 spiro atoms. The molecule has 2 aliphatic rings. The van der Waals surface area contributed by atoms with Crippen molar-refractivity contribution in [1.82, 2.24) is 4.90 Å². The largest absolute Gasteiger partial charge is 0.387 e. The molecule has 0 radical (unpaired) electrons. The Kier molecular flexibility index (Phi) is 3.41. The maximum Gasteiger partial charge on any atom is 0.248 e. The van der Waals surface area contributed by atoms with Crippen LogP contribution in [-0.2, 0) is 9.59 Å². The number of halogens is 1. The average Bonchev–Trinajstić information content (AvgIpc) is 3.02. The van der Waals surface area contributed by atoms with Crippen LogP contribution < -0.4 is 4.90 Å². The summed E-state index contributed by atoms with van der Waals surface area (Å²) >= 11 is 0. The summed E-state index contributed by atoms with van der Waals surface area (Å²) in [6, 6.07) is 5.99. The Balaban J connectivity index is 1.78. The third-order valence-corrected chi connectivity index (χ3v) is 4.37. The van der Waals surface area contributed by atoms with E-state index in [9.17, 15) is 14.0 Å². The zero-order chi connectivity index (χ0) is 15.0. The van der Waals surface area contributed by atoms with E-state index in [4.69, 9.17) is 5.11 Å². The Hall–Kier alpha value is -1.95. The predicted octanol–water partition coefficient (Wildman–Crippen LogP) is 0.773. The van der Waals surface area contributed by atoms with Gasteiger partial charge in [-0.3, -0.25) is 9.59 Å². The molecule has 6 heteroatoms. The third kappa shape index (κ3) is 2.51. The minimum atomic E-state index is -0.502. The normalized spacial score (nSPS) is 25.1. The van der Waals surface area contributed by atoms with Crippen molar-refractivity contribution in [1.29, 1.82) is 0 Å². The molecule has 1 aromatic rings. The lowest BCUT2D eigenvalue weighted by Crippen LogP contribution is -2.35. The van der Waals surface area contributed by atoms with E-state index < -0.39 is 6.61 Å². The number of nitrogens with zero attached hydrogens (tertiary/aromatic N) is 2. The van der Waals surface area contributed by atoms with Crippen LogP contribution in [0.15, 0.2) is 24.3 Å². The van der Waals surface area contributed by atoms with Crippen molar-refractivity contribution in [2.45, 2.75) is 12.8 Å². The summed E-state index contributed by atoms with van der Waals surface area (Å²) in [5.41, 5.74) is 0.289. The smallest absolute Gasteiger partial charge is 0.248 e. The Bertz CT molecular complexity index is 592. The van der Waals surface area contributed by atoms with Gasteiger partial charge in [-0.05, 0) is 24.6 Å². The summed E-state index contributed by atoms with van der Waals surface area (Å²) < 4.78 is 13.3. The number of carbonyl (C=O) groups is 2. The lowest BCUT2D eigenvalue weighted by Gasteiger charge is -2.24. The van der Waals surface area contributed by atoms with Gasteiger partial charge in [0.05, 0.1) is 0 Å². The first-order valence-electron chi connectivity index (χ1n) is 6.98. The Morgan fingerprint density at radius 3 is 2.90 bits per heavy atom. The quantitative estimate of drug-likeness (QED) is 0.876. The topological polar surface area (TPSA) is 60.9 Å². The number of likely N-dealkylation sites (tertiary alicyclic amines) is 1. The van der Waals surface area contributed by atoms with Crippen LogP contribution >= 0.6 is 0 Å². The molecule has 1 aromatic carbocycles. The van der Waals surface area contributed by atoms with Crippen molar-refractivity contribution in [3.05, 3.63) is 30.1 Å². The maximum absolute atomic E-state index is 13.3. The minimum Gasteiger partial charge on any atom is -0.387 e. The molecule has 0 unspecified atom stereocenters. The molecule has 2 aliphatic heterocycles. The van der Waals surface area contributed by atoms with Gasteiger partial charge < -0.3 is 14.9 Å². The van der Waals surface area contributed by atoms with Gasteiger partial charge in [-0.25, -0.2) is 4.39 Å². The second kappa shape index (κ2) is 5.11. The highest BCUT2D eigenvalue weighted by Gasteiger charge is 2.48. The van der Waals surface area contributed by atoms with Crippen molar-refractivity contribution in [3.63, 3.8) is 0 Å². The highest BCUT2D eigenvalue weighted by Crippen LogP contribution is 2.41. The molecule has 0 bridgehead atoms. The van der Waals surface area contributed by atoms with Gasteiger partial charge in [-0.1, -0.05) is 6.07 Å². The minimum absolute atomic E-state index is 0.0427. The van der Waals surface area contributed by atoms with Crippen LogP contribution in [0.25, 0.3) is 0 Å². The molecule has 1 atom stereocenters. The van der Waals surface area contributed by atoms with Crippen LogP contribution in [0, 0.1) is 11.2 Å². The molecule has 5 nitrogen and oxygen atoms in total. The standard InChI is InChI=1S/C15H17FN2O3/c16-11-2-1-3-12(6-11)18-10-15(7-13(18)20)4-5-17(9-15)14(21)8-19/h1-3,6,19H,4-5,7-10H2/t15-/m0/s1. The molecule has 1 N–H and O–H groups in total. The Morgan fingerprint density at radius 1 is 1.38 bits per heavy atom. The van der Waals surface area contributed by atoms with Gasteiger partial charge in [-0.2, -0.15) is 0 Å². The van der Waals surface area contributed by atoms with E-state index in [2.05, 4.69) is 0 Å². The average molecular weight is 292 g/mol. The first kappa shape index (κ1) is 14.0.